The van der Waals surface area contributed by atoms with E-state index >= 15 is 0 Å². The highest BCUT2D eigenvalue weighted by Gasteiger charge is 2.26. The van der Waals surface area contributed by atoms with Gasteiger partial charge in [-0.3, -0.25) is 9.80 Å². The van der Waals surface area contributed by atoms with Gasteiger partial charge in [0.25, 0.3) is 0 Å². The van der Waals surface area contributed by atoms with Crippen molar-refractivity contribution in [2.45, 2.75) is 112 Å². The summed E-state index contributed by atoms with van der Waals surface area (Å²) in [6.45, 7) is 29.5. The number of hydrogen-bond donors (Lipinski definition) is 1. The fraction of sp³-hybridized carbons (Fsp3) is 0.183. The minimum absolute atomic E-state index is 0.0107. The molecular weight excluding hydrogens is 1220 g/mol. The van der Waals surface area contributed by atoms with E-state index < -0.39 is 0 Å². The van der Waals surface area contributed by atoms with E-state index in [2.05, 4.69) is 336 Å². The van der Waals surface area contributed by atoms with Crippen LogP contribution in [-0.4, -0.2) is 25.0 Å². The third-order valence-corrected chi connectivity index (χ3v) is 18.8. The summed E-state index contributed by atoms with van der Waals surface area (Å²) in [5.41, 5.74) is 22.3. The highest BCUT2D eigenvalue weighted by Crippen LogP contribution is 2.44. The third-order valence-electron chi connectivity index (χ3n) is 18.8. The van der Waals surface area contributed by atoms with Gasteiger partial charge in [0, 0.05) is 68.2 Å². The molecule has 4 aromatic heterocycles. The summed E-state index contributed by atoms with van der Waals surface area (Å²) < 4.78 is 0. The number of rotatable bonds is 12. The van der Waals surface area contributed by atoms with Gasteiger partial charge in [-0.1, -0.05) is 265 Å². The number of pyridine rings is 4. The van der Waals surface area contributed by atoms with Crippen molar-refractivity contribution in [3.63, 3.8) is 0 Å². The minimum Gasteiger partial charge on any atom is -0.507 e. The van der Waals surface area contributed by atoms with Crippen LogP contribution in [0.4, 0.5) is 34.4 Å². The normalized spacial score (nSPS) is 11.9. The molecule has 0 radical (unpaired) electrons. The largest absolute Gasteiger partial charge is 0.507 e. The minimum atomic E-state index is -0.0293. The number of phenolic OH excluding ortho intramolecular Hbond substituents is 1. The van der Waals surface area contributed by atoms with Crippen molar-refractivity contribution in [2.24, 2.45) is 0 Å². The maximum absolute atomic E-state index is 11.0. The topological polar surface area (TPSA) is 78.3 Å². The molecule has 0 unspecified atom stereocenters. The Morgan fingerprint density at radius 3 is 1.00 bits per heavy atom. The first-order valence-corrected chi connectivity index (χ1v) is 34.7. The number of phenols is 1. The summed E-state index contributed by atoms with van der Waals surface area (Å²) in [5, 5.41) is 15.5. The second kappa shape index (κ2) is 27.6. The molecule has 0 amide bonds. The number of nitrogens with zero attached hydrogens (tertiary/aromatic N) is 6. The molecule has 0 aliphatic rings. The van der Waals surface area contributed by atoms with Gasteiger partial charge in [-0.25, -0.2) is 19.9 Å². The highest BCUT2D eigenvalue weighted by molar-refractivity contribution is 5.90. The fourth-order valence-corrected chi connectivity index (χ4v) is 12.8. The van der Waals surface area contributed by atoms with Crippen LogP contribution in [0, 0.1) is 6.92 Å². The van der Waals surface area contributed by atoms with Crippen LogP contribution in [0.3, 0.4) is 0 Å². The van der Waals surface area contributed by atoms with Crippen molar-refractivity contribution in [2.75, 3.05) is 9.80 Å². The molecule has 14 aromatic rings. The number of aryl methyl sites for hydroxylation is 1. The van der Waals surface area contributed by atoms with E-state index in [1.54, 1.807) is 6.07 Å². The predicted octanol–water partition coefficient (Wildman–Crippen LogP) is 25.4. The zero-order chi connectivity index (χ0) is 70.1. The number of aromatic nitrogens is 4. The summed E-state index contributed by atoms with van der Waals surface area (Å²) in [6.07, 6.45) is 3.90. The average Bonchev–Trinajstić information content (AvgIpc) is 0.767. The molecule has 0 fully saturated rings. The average molecular weight is 1310 g/mol. The fourth-order valence-electron chi connectivity index (χ4n) is 12.8. The Balaban J connectivity index is 0.000000179. The summed E-state index contributed by atoms with van der Waals surface area (Å²) in [6, 6.07) is 97.8. The van der Waals surface area contributed by atoms with Crippen LogP contribution >= 0.6 is 0 Å². The molecule has 496 valence electrons. The summed E-state index contributed by atoms with van der Waals surface area (Å²) in [5.74, 6) is 1.90. The Labute approximate surface area is 591 Å². The molecule has 0 spiro atoms. The van der Waals surface area contributed by atoms with Crippen molar-refractivity contribution in [1.82, 2.24) is 19.9 Å². The molecule has 0 bridgehead atoms. The van der Waals surface area contributed by atoms with Crippen molar-refractivity contribution in [1.29, 1.82) is 0 Å². The highest BCUT2D eigenvalue weighted by atomic mass is 16.3. The molecule has 10 aromatic carbocycles. The second-order valence-corrected chi connectivity index (χ2v) is 30.4. The Morgan fingerprint density at radius 1 is 0.270 bits per heavy atom. The van der Waals surface area contributed by atoms with Crippen molar-refractivity contribution < 1.29 is 5.11 Å². The Hall–Kier alpha value is -11.3. The molecule has 14 rings (SSSR count). The van der Waals surface area contributed by atoms with E-state index in [0.717, 1.165) is 112 Å². The SMILES string of the molecule is CC(C)(C)c1cc(-c2cc(-c3cccc(N(c4ccccc4)c4cc5ccccc5cn4)c3)nc(-c3ccccc3O)c2)cc(C(C)(C)C)c1.Cc1ccccc1-c1cc(-c2cc(C(C)(C)C)cc(C(C)(C)C)c2)cc(-c2cccc(N(c3ccccc3)c3cc4ccccc4cn3)c2)n1. The molecule has 100 heavy (non-hydrogen) atoms. The molecule has 0 atom stereocenters. The Kier molecular flexibility index (Phi) is 18.5. The van der Waals surface area contributed by atoms with Crippen LogP contribution in [0.1, 0.15) is 111 Å². The van der Waals surface area contributed by atoms with Crippen molar-refractivity contribution >= 4 is 55.9 Å². The standard InChI is InChI=1S/C47H45N3.C46H43N3O/c1-32-16-11-14-23-42(32)44-28-37(36-24-38(46(2,3)4)30-39(25-36)47(5,6)7)27-43(49-44)34-19-15-22-41(26-34)50(40-20-9-8-10-21-40)45-29-33-17-12-13-18-35(33)31-48-45;1-45(2,3)36-23-34(24-37(29-36)46(4,5)6)35-26-41(48-42(27-35)40-21-12-13-22-43(40)50)32-17-14-20-39(25-32)49(38-18-8-7-9-19-38)44-28-31-15-10-11-16-33(31)30-47-44/h8-31H,1-7H3;7-30,50H,1-6H3. The van der Waals surface area contributed by atoms with E-state index in [-0.39, 0.29) is 27.4 Å². The van der Waals surface area contributed by atoms with Gasteiger partial charge >= 0.3 is 0 Å². The molecule has 7 heteroatoms. The predicted molar refractivity (Wildman–Crippen MR) is 422 cm³/mol. The van der Waals surface area contributed by atoms with Crippen LogP contribution in [0.5, 0.6) is 5.75 Å². The van der Waals surface area contributed by atoms with Crippen LogP contribution in [0.2, 0.25) is 0 Å². The van der Waals surface area contributed by atoms with Gasteiger partial charge in [0.2, 0.25) is 0 Å². The van der Waals surface area contributed by atoms with Gasteiger partial charge in [-0.15, -0.1) is 0 Å². The zero-order valence-electron chi connectivity index (χ0n) is 59.8. The Bertz CT molecular complexity index is 4890. The lowest BCUT2D eigenvalue weighted by Gasteiger charge is -2.26. The molecule has 4 heterocycles. The molecule has 1 N–H and O–H groups in total. The quantitative estimate of drug-likeness (QED) is 0.131. The van der Waals surface area contributed by atoms with Gasteiger partial charge in [-0.2, -0.15) is 0 Å². The van der Waals surface area contributed by atoms with Gasteiger partial charge < -0.3 is 5.11 Å². The van der Waals surface area contributed by atoms with E-state index in [9.17, 15) is 5.11 Å². The first kappa shape index (κ1) is 67.3. The molecule has 0 saturated heterocycles. The third kappa shape index (κ3) is 14.9. The van der Waals surface area contributed by atoms with E-state index in [4.69, 9.17) is 19.9 Å². The maximum atomic E-state index is 11.0. The zero-order valence-corrected chi connectivity index (χ0v) is 59.8. The molecule has 0 aliphatic heterocycles. The lowest BCUT2D eigenvalue weighted by atomic mass is 9.79. The number of hydrogen-bond acceptors (Lipinski definition) is 7. The number of aromatic hydroxyl groups is 1. The summed E-state index contributed by atoms with van der Waals surface area (Å²) in [4.78, 5) is 24.8. The van der Waals surface area contributed by atoms with Gasteiger partial charge in [0.05, 0.1) is 22.8 Å². The van der Waals surface area contributed by atoms with Gasteiger partial charge in [0.15, 0.2) is 0 Å². The van der Waals surface area contributed by atoms with Crippen molar-refractivity contribution in [3.8, 4) is 73.0 Å². The first-order valence-electron chi connectivity index (χ1n) is 34.7. The van der Waals surface area contributed by atoms with Crippen molar-refractivity contribution in [3.05, 3.63) is 319 Å². The van der Waals surface area contributed by atoms with Crippen LogP contribution < -0.4 is 9.80 Å². The maximum Gasteiger partial charge on any atom is 0.138 e. The lowest BCUT2D eigenvalue weighted by Crippen LogP contribution is -2.16. The summed E-state index contributed by atoms with van der Waals surface area (Å²) >= 11 is 0. The summed E-state index contributed by atoms with van der Waals surface area (Å²) in [7, 11) is 0. The number of benzene rings is 10. The van der Waals surface area contributed by atoms with Crippen LogP contribution in [0.25, 0.3) is 88.8 Å². The molecule has 0 saturated carbocycles. The first-order chi connectivity index (χ1) is 47.9. The number of para-hydroxylation sites is 3. The molecule has 7 nitrogen and oxygen atoms in total. The van der Waals surface area contributed by atoms with E-state index in [0.29, 0.717) is 5.56 Å². The van der Waals surface area contributed by atoms with Gasteiger partial charge in [-0.05, 0) is 186 Å². The van der Waals surface area contributed by atoms with Crippen LogP contribution in [0.15, 0.2) is 291 Å². The van der Waals surface area contributed by atoms with E-state index in [1.165, 1.54) is 33.4 Å². The smallest absolute Gasteiger partial charge is 0.138 e. The second-order valence-electron chi connectivity index (χ2n) is 30.4. The monoisotopic (exact) mass is 1300 g/mol. The number of fused-ring (bicyclic) bond motifs is 2. The van der Waals surface area contributed by atoms with E-state index in [1.807, 2.05) is 48.8 Å². The number of anilines is 6. The molecule has 0 aliphatic carbocycles. The van der Waals surface area contributed by atoms with Gasteiger partial charge in [0.1, 0.15) is 17.4 Å². The molecular formula is C93H88N6O. The Morgan fingerprint density at radius 2 is 0.600 bits per heavy atom. The van der Waals surface area contributed by atoms with Crippen LogP contribution in [-0.2, 0) is 21.7 Å². The lowest BCUT2D eigenvalue weighted by molar-refractivity contribution is 0.477.